The molecule has 0 spiro atoms. The Bertz CT molecular complexity index is 851. The Morgan fingerprint density at radius 3 is 2.59 bits per heavy atom. The van der Waals surface area contributed by atoms with Crippen molar-refractivity contribution in [1.29, 1.82) is 0 Å². The molecule has 0 fully saturated rings. The maximum atomic E-state index is 13.8. The van der Waals surface area contributed by atoms with Crippen molar-refractivity contribution in [3.8, 4) is 11.5 Å². The average Bonchev–Trinajstić information content (AvgIpc) is 2.70. The zero-order valence-corrected chi connectivity index (χ0v) is 15.5. The van der Waals surface area contributed by atoms with Crippen molar-refractivity contribution < 1.29 is 18.7 Å². The summed E-state index contributed by atoms with van der Waals surface area (Å²) in [6.45, 7) is 1.86. The highest BCUT2D eigenvalue weighted by Gasteiger charge is 2.18. The summed E-state index contributed by atoms with van der Waals surface area (Å²) in [6.07, 6.45) is 2.52. The van der Waals surface area contributed by atoms with Crippen LogP contribution in [0.1, 0.15) is 12.0 Å². The molecule has 1 N–H and O–H groups in total. The van der Waals surface area contributed by atoms with Crippen molar-refractivity contribution in [2.45, 2.75) is 13.0 Å². The van der Waals surface area contributed by atoms with Crippen LogP contribution in [0.2, 0.25) is 0 Å². The van der Waals surface area contributed by atoms with Gasteiger partial charge < -0.3 is 14.8 Å². The third-order valence-electron chi connectivity index (χ3n) is 4.58. The molecule has 0 saturated heterocycles. The third kappa shape index (κ3) is 4.65. The zero-order chi connectivity index (χ0) is 19.2. The number of rotatable bonds is 6. The van der Waals surface area contributed by atoms with Gasteiger partial charge >= 0.3 is 0 Å². The highest BCUT2D eigenvalue weighted by Crippen LogP contribution is 2.30. The molecule has 142 valence electrons. The van der Waals surface area contributed by atoms with E-state index in [0.29, 0.717) is 48.8 Å². The zero-order valence-electron chi connectivity index (χ0n) is 15.5. The average molecular weight is 370 g/mol. The number of nitrogens with zero attached hydrogens (tertiary/aromatic N) is 1. The number of benzene rings is 2. The fourth-order valence-corrected chi connectivity index (χ4v) is 3.05. The highest BCUT2D eigenvalue weighted by molar-refractivity contribution is 6.04. The van der Waals surface area contributed by atoms with Crippen LogP contribution in [0.3, 0.4) is 0 Å². The van der Waals surface area contributed by atoms with E-state index in [1.165, 1.54) is 6.07 Å². The Morgan fingerprint density at radius 2 is 1.93 bits per heavy atom. The number of carbonyl (C=O) groups excluding carboxylic acids is 1. The number of halogens is 1. The van der Waals surface area contributed by atoms with E-state index >= 15 is 0 Å². The second kappa shape index (κ2) is 8.68. The van der Waals surface area contributed by atoms with Crippen molar-refractivity contribution in [2.24, 2.45) is 0 Å². The van der Waals surface area contributed by atoms with Gasteiger partial charge in [-0.1, -0.05) is 24.3 Å². The van der Waals surface area contributed by atoms with Gasteiger partial charge in [-0.2, -0.15) is 0 Å². The molecule has 1 heterocycles. The molecule has 0 aromatic heterocycles. The maximum absolute atomic E-state index is 13.8. The van der Waals surface area contributed by atoms with Gasteiger partial charge in [0.05, 0.1) is 14.2 Å². The van der Waals surface area contributed by atoms with Crippen LogP contribution in [0.25, 0.3) is 0 Å². The van der Waals surface area contributed by atoms with E-state index in [9.17, 15) is 9.18 Å². The lowest BCUT2D eigenvalue weighted by Crippen LogP contribution is -2.31. The molecule has 0 unspecified atom stereocenters. The third-order valence-corrected chi connectivity index (χ3v) is 4.58. The number of methoxy groups -OCH3 is 2. The fourth-order valence-electron chi connectivity index (χ4n) is 3.05. The van der Waals surface area contributed by atoms with Crippen LogP contribution in [0.4, 0.5) is 10.1 Å². The number of nitrogens with one attached hydrogen (secondary N) is 1. The Kier molecular flexibility index (Phi) is 6.08. The van der Waals surface area contributed by atoms with Crippen LogP contribution in [0.5, 0.6) is 11.5 Å². The first-order valence-corrected chi connectivity index (χ1v) is 8.79. The number of hydrogen-bond acceptors (Lipinski definition) is 4. The quantitative estimate of drug-likeness (QED) is 0.844. The first kappa shape index (κ1) is 18.9. The largest absolute Gasteiger partial charge is 0.493 e. The van der Waals surface area contributed by atoms with Crippen LogP contribution in [-0.2, 0) is 11.3 Å². The Morgan fingerprint density at radius 1 is 1.15 bits per heavy atom. The van der Waals surface area contributed by atoms with Crippen molar-refractivity contribution >= 4 is 11.6 Å². The smallest absolute Gasteiger partial charge is 0.251 e. The molecule has 1 aliphatic heterocycles. The predicted molar refractivity (Wildman–Crippen MR) is 103 cm³/mol. The number of hydrogen-bond donors (Lipinski definition) is 1. The Hall–Kier alpha value is -2.86. The van der Waals surface area contributed by atoms with Crippen LogP contribution < -0.4 is 14.8 Å². The van der Waals surface area contributed by atoms with Gasteiger partial charge in [0.25, 0.3) is 5.91 Å². The van der Waals surface area contributed by atoms with E-state index in [0.717, 1.165) is 5.57 Å². The van der Waals surface area contributed by atoms with Crippen LogP contribution in [0.15, 0.2) is 54.1 Å². The molecular formula is C21H23FN2O3. The van der Waals surface area contributed by atoms with E-state index in [-0.39, 0.29) is 11.7 Å². The van der Waals surface area contributed by atoms with E-state index in [2.05, 4.69) is 10.2 Å². The molecule has 0 saturated carbocycles. The van der Waals surface area contributed by atoms with Gasteiger partial charge in [-0.05, 0) is 24.6 Å². The van der Waals surface area contributed by atoms with Crippen molar-refractivity contribution in [3.05, 3.63) is 65.5 Å². The summed E-state index contributed by atoms with van der Waals surface area (Å²) in [5.74, 6) is 0.839. The van der Waals surface area contributed by atoms with Gasteiger partial charge in [0.1, 0.15) is 5.82 Å². The van der Waals surface area contributed by atoms with E-state index < -0.39 is 0 Å². The van der Waals surface area contributed by atoms with Crippen LogP contribution >= 0.6 is 0 Å². The molecule has 1 amide bonds. The first-order valence-electron chi connectivity index (χ1n) is 8.79. The van der Waals surface area contributed by atoms with Crippen molar-refractivity contribution in [1.82, 2.24) is 4.90 Å². The van der Waals surface area contributed by atoms with Crippen LogP contribution in [-0.4, -0.2) is 38.1 Å². The summed E-state index contributed by atoms with van der Waals surface area (Å²) < 4.78 is 24.2. The van der Waals surface area contributed by atoms with Gasteiger partial charge in [-0.25, -0.2) is 4.39 Å². The van der Waals surface area contributed by atoms with Crippen molar-refractivity contribution in [2.75, 3.05) is 32.6 Å². The molecule has 6 heteroatoms. The SMILES string of the molecule is COc1ccc(NC(=O)C2=CCN(Cc3ccccc3F)CC2)cc1OC. The summed E-state index contributed by atoms with van der Waals surface area (Å²) in [7, 11) is 3.12. The summed E-state index contributed by atoms with van der Waals surface area (Å²) in [4.78, 5) is 14.6. The Labute approximate surface area is 158 Å². The standard InChI is InChI=1S/C21H23FN2O3/c1-26-19-8-7-17(13-20(19)27-2)23-21(25)15-9-11-24(12-10-15)14-16-5-3-4-6-18(16)22/h3-9,13H,10-12,14H2,1-2H3,(H,23,25). The number of amides is 1. The Balaban J connectivity index is 1.60. The van der Waals surface area contributed by atoms with Crippen molar-refractivity contribution in [3.63, 3.8) is 0 Å². The molecule has 0 atom stereocenters. The summed E-state index contributed by atoms with van der Waals surface area (Å²) in [6, 6.07) is 12.0. The number of carbonyl (C=O) groups is 1. The molecule has 1 aliphatic rings. The monoisotopic (exact) mass is 370 g/mol. The minimum Gasteiger partial charge on any atom is -0.493 e. The summed E-state index contributed by atoms with van der Waals surface area (Å²) in [5.41, 5.74) is 2.05. The van der Waals surface area contributed by atoms with E-state index in [4.69, 9.17) is 9.47 Å². The molecule has 3 rings (SSSR count). The molecule has 2 aromatic rings. The maximum Gasteiger partial charge on any atom is 0.251 e. The van der Waals surface area contributed by atoms with E-state index in [1.54, 1.807) is 44.6 Å². The fraction of sp³-hybridized carbons (Fsp3) is 0.286. The summed E-state index contributed by atoms with van der Waals surface area (Å²) >= 11 is 0. The van der Waals surface area contributed by atoms with Gasteiger partial charge in [0.2, 0.25) is 0 Å². The summed E-state index contributed by atoms with van der Waals surface area (Å²) in [5, 5.41) is 2.89. The van der Waals surface area contributed by atoms with Gasteiger partial charge in [0, 0.05) is 42.5 Å². The lowest BCUT2D eigenvalue weighted by Gasteiger charge is -2.26. The second-order valence-electron chi connectivity index (χ2n) is 6.33. The minimum atomic E-state index is -0.196. The molecule has 2 aromatic carbocycles. The first-order chi connectivity index (χ1) is 13.1. The molecule has 0 bridgehead atoms. The molecular weight excluding hydrogens is 347 g/mol. The molecule has 0 radical (unpaired) electrons. The van der Waals surface area contributed by atoms with Crippen LogP contribution in [0, 0.1) is 5.82 Å². The lowest BCUT2D eigenvalue weighted by molar-refractivity contribution is -0.113. The normalized spacial score (nSPS) is 14.4. The van der Waals surface area contributed by atoms with Gasteiger partial charge in [-0.15, -0.1) is 0 Å². The van der Waals surface area contributed by atoms with Gasteiger partial charge in [0.15, 0.2) is 11.5 Å². The molecule has 0 aliphatic carbocycles. The molecule has 5 nitrogen and oxygen atoms in total. The number of ether oxygens (including phenoxy) is 2. The minimum absolute atomic E-state index is 0.132. The topological polar surface area (TPSA) is 50.8 Å². The predicted octanol–water partition coefficient (Wildman–Crippen LogP) is 3.61. The highest BCUT2D eigenvalue weighted by atomic mass is 19.1. The van der Waals surface area contributed by atoms with E-state index in [1.807, 2.05) is 12.1 Å². The second-order valence-corrected chi connectivity index (χ2v) is 6.33. The molecule has 27 heavy (non-hydrogen) atoms. The number of anilines is 1. The lowest BCUT2D eigenvalue weighted by atomic mass is 10.1. The van der Waals surface area contributed by atoms with Gasteiger partial charge in [-0.3, -0.25) is 9.69 Å².